The van der Waals surface area contributed by atoms with E-state index in [1.807, 2.05) is 0 Å². The zero-order chi connectivity index (χ0) is 11.5. The van der Waals surface area contributed by atoms with Gasteiger partial charge < -0.3 is 4.74 Å². The van der Waals surface area contributed by atoms with Crippen LogP contribution in [0, 0.1) is 0 Å². The van der Waals surface area contributed by atoms with Gasteiger partial charge in [-0.05, 0) is 6.92 Å². The standard InChI is InChI=1S/C9H10N4O3/c1-2-16-8(14)6-13-9(15)12-4-3-10-7(12)5-11-13/h3-5H,2,6H2,1H3. The lowest BCUT2D eigenvalue weighted by Crippen LogP contribution is -2.31. The van der Waals surface area contributed by atoms with Crippen LogP contribution in [0.25, 0.3) is 5.65 Å². The predicted octanol–water partition coefficient (Wildman–Crippen LogP) is -0.546. The molecule has 16 heavy (non-hydrogen) atoms. The van der Waals surface area contributed by atoms with Crippen LogP contribution in [0.5, 0.6) is 0 Å². The minimum absolute atomic E-state index is 0.194. The van der Waals surface area contributed by atoms with Gasteiger partial charge in [0.2, 0.25) is 0 Å². The van der Waals surface area contributed by atoms with Crippen LogP contribution in [0.15, 0.2) is 23.4 Å². The summed E-state index contributed by atoms with van der Waals surface area (Å²) in [7, 11) is 0. The fourth-order valence-electron chi connectivity index (χ4n) is 1.30. The first-order valence-corrected chi connectivity index (χ1v) is 4.77. The zero-order valence-electron chi connectivity index (χ0n) is 8.66. The van der Waals surface area contributed by atoms with Crippen molar-refractivity contribution in [1.82, 2.24) is 19.2 Å². The quantitative estimate of drug-likeness (QED) is 0.651. The highest BCUT2D eigenvalue weighted by molar-refractivity contribution is 5.68. The van der Waals surface area contributed by atoms with Crippen molar-refractivity contribution in [1.29, 1.82) is 0 Å². The third kappa shape index (κ3) is 1.79. The number of ether oxygens (including phenoxy) is 1. The molecule has 0 spiro atoms. The van der Waals surface area contributed by atoms with Crippen molar-refractivity contribution in [2.75, 3.05) is 6.61 Å². The summed E-state index contributed by atoms with van der Waals surface area (Å²) in [6.07, 6.45) is 4.43. The molecule has 0 saturated carbocycles. The molecule has 0 aromatic carbocycles. The van der Waals surface area contributed by atoms with Crippen molar-refractivity contribution < 1.29 is 9.53 Å². The molecule has 2 rings (SSSR count). The molecule has 0 N–H and O–H groups in total. The summed E-state index contributed by atoms with van der Waals surface area (Å²) >= 11 is 0. The van der Waals surface area contributed by atoms with Crippen LogP contribution in [-0.4, -0.2) is 31.7 Å². The fraction of sp³-hybridized carbons (Fsp3) is 0.333. The van der Waals surface area contributed by atoms with E-state index in [0.29, 0.717) is 5.65 Å². The Bertz CT molecular complexity index is 571. The number of fused-ring (bicyclic) bond motifs is 1. The largest absolute Gasteiger partial charge is 0.465 e. The highest BCUT2D eigenvalue weighted by Gasteiger charge is 2.08. The molecule has 0 aliphatic heterocycles. The Morgan fingerprint density at radius 1 is 1.56 bits per heavy atom. The molecule has 0 unspecified atom stereocenters. The minimum atomic E-state index is -0.489. The van der Waals surface area contributed by atoms with E-state index in [1.165, 1.54) is 23.0 Å². The summed E-state index contributed by atoms with van der Waals surface area (Å²) in [4.78, 5) is 26.8. The number of nitrogens with zero attached hydrogens (tertiary/aromatic N) is 4. The summed E-state index contributed by atoms with van der Waals surface area (Å²) in [5.74, 6) is -0.489. The van der Waals surface area contributed by atoms with Gasteiger partial charge >= 0.3 is 11.7 Å². The van der Waals surface area contributed by atoms with Gasteiger partial charge in [0.15, 0.2) is 5.65 Å². The molecule has 2 heterocycles. The molecular formula is C9H10N4O3. The van der Waals surface area contributed by atoms with Crippen molar-refractivity contribution in [2.45, 2.75) is 13.5 Å². The Labute approximate surface area is 90.3 Å². The molecule has 0 saturated heterocycles. The van der Waals surface area contributed by atoms with Gasteiger partial charge in [-0.3, -0.25) is 4.79 Å². The first-order valence-electron chi connectivity index (χ1n) is 4.77. The van der Waals surface area contributed by atoms with Crippen LogP contribution < -0.4 is 5.69 Å². The number of imidazole rings is 1. The number of rotatable bonds is 3. The third-order valence-electron chi connectivity index (χ3n) is 1.99. The van der Waals surface area contributed by atoms with E-state index in [-0.39, 0.29) is 13.2 Å². The second-order valence-electron chi connectivity index (χ2n) is 3.05. The maximum atomic E-state index is 11.7. The van der Waals surface area contributed by atoms with E-state index in [9.17, 15) is 9.59 Å². The van der Waals surface area contributed by atoms with Crippen LogP contribution in [0.1, 0.15) is 6.92 Å². The maximum absolute atomic E-state index is 11.7. The highest BCUT2D eigenvalue weighted by Crippen LogP contribution is 1.92. The van der Waals surface area contributed by atoms with Crippen molar-refractivity contribution in [2.24, 2.45) is 0 Å². The van der Waals surface area contributed by atoms with Crippen LogP contribution in [0.3, 0.4) is 0 Å². The Hall–Kier alpha value is -2.18. The molecule has 0 aliphatic rings. The van der Waals surface area contributed by atoms with E-state index in [0.717, 1.165) is 4.68 Å². The molecule has 0 fully saturated rings. The van der Waals surface area contributed by atoms with Gasteiger partial charge in [-0.2, -0.15) is 5.10 Å². The molecule has 2 aromatic heterocycles. The number of aromatic nitrogens is 4. The van der Waals surface area contributed by atoms with E-state index in [1.54, 1.807) is 6.92 Å². The molecule has 2 aromatic rings. The monoisotopic (exact) mass is 222 g/mol. The minimum Gasteiger partial charge on any atom is -0.465 e. The van der Waals surface area contributed by atoms with E-state index >= 15 is 0 Å². The summed E-state index contributed by atoms with van der Waals surface area (Å²) < 4.78 is 7.08. The van der Waals surface area contributed by atoms with Crippen molar-refractivity contribution in [3.8, 4) is 0 Å². The molecular weight excluding hydrogens is 212 g/mol. The van der Waals surface area contributed by atoms with E-state index < -0.39 is 11.7 Å². The number of carbonyl (C=O) groups is 1. The lowest BCUT2D eigenvalue weighted by atomic mass is 10.6. The summed E-state index contributed by atoms with van der Waals surface area (Å²) in [6.45, 7) is 1.79. The third-order valence-corrected chi connectivity index (χ3v) is 1.99. The topological polar surface area (TPSA) is 78.5 Å². The molecule has 0 amide bonds. The van der Waals surface area contributed by atoms with Crippen LogP contribution in [0.2, 0.25) is 0 Å². The van der Waals surface area contributed by atoms with Crippen molar-refractivity contribution in [3.05, 3.63) is 29.1 Å². The van der Waals surface area contributed by atoms with E-state index in [4.69, 9.17) is 4.74 Å². The lowest BCUT2D eigenvalue weighted by molar-refractivity contribution is -0.144. The zero-order valence-corrected chi connectivity index (χ0v) is 8.66. The lowest BCUT2D eigenvalue weighted by Gasteiger charge is -2.03. The van der Waals surface area contributed by atoms with Gasteiger partial charge in [0.05, 0.1) is 12.8 Å². The number of esters is 1. The Morgan fingerprint density at radius 3 is 3.12 bits per heavy atom. The summed E-state index contributed by atoms with van der Waals surface area (Å²) in [5.41, 5.74) is 0.0353. The van der Waals surface area contributed by atoms with Gasteiger partial charge in [-0.1, -0.05) is 0 Å². The smallest absolute Gasteiger partial charge is 0.350 e. The van der Waals surface area contributed by atoms with Crippen molar-refractivity contribution in [3.63, 3.8) is 0 Å². The second-order valence-corrected chi connectivity index (χ2v) is 3.05. The molecule has 0 radical (unpaired) electrons. The Morgan fingerprint density at radius 2 is 2.38 bits per heavy atom. The SMILES string of the molecule is CCOC(=O)Cn1ncc2nccn2c1=O. The van der Waals surface area contributed by atoms with Crippen molar-refractivity contribution >= 4 is 11.6 Å². The normalized spacial score (nSPS) is 10.6. The van der Waals surface area contributed by atoms with Gasteiger partial charge in [-0.15, -0.1) is 0 Å². The fourth-order valence-corrected chi connectivity index (χ4v) is 1.30. The van der Waals surface area contributed by atoms with Gasteiger partial charge in [-0.25, -0.2) is 18.9 Å². The van der Waals surface area contributed by atoms with Crippen LogP contribution >= 0.6 is 0 Å². The van der Waals surface area contributed by atoms with Crippen LogP contribution in [-0.2, 0) is 16.1 Å². The van der Waals surface area contributed by atoms with Gasteiger partial charge in [0, 0.05) is 12.4 Å². The average Bonchev–Trinajstić information content (AvgIpc) is 2.71. The van der Waals surface area contributed by atoms with Gasteiger partial charge in [0.25, 0.3) is 0 Å². The van der Waals surface area contributed by atoms with Gasteiger partial charge in [0.1, 0.15) is 6.54 Å². The molecule has 7 nitrogen and oxygen atoms in total. The second kappa shape index (κ2) is 4.13. The predicted molar refractivity (Wildman–Crippen MR) is 53.9 cm³/mol. The maximum Gasteiger partial charge on any atom is 0.350 e. The summed E-state index contributed by atoms with van der Waals surface area (Å²) in [6, 6.07) is 0. The number of carbonyl (C=O) groups excluding carboxylic acids is 1. The first kappa shape index (κ1) is 10.3. The molecule has 0 atom stereocenters. The summed E-state index contributed by atoms with van der Waals surface area (Å²) in [5, 5.41) is 3.82. The number of hydrogen-bond donors (Lipinski definition) is 0. The average molecular weight is 222 g/mol. The highest BCUT2D eigenvalue weighted by atomic mass is 16.5. The first-order chi connectivity index (χ1) is 7.72. The number of hydrogen-bond acceptors (Lipinski definition) is 5. The molecule has 7 heteroatoms. The molecule has 84 valence electrons. The van der Waals surface area contributed by atoms with E-state index in [2.05, 4.69) is 10.1 Å². The molecule has 0 aliphatic carbocycles. The Balaban J connectivity index is 2.34. The van der Waals surface area contributed by atoms with Crippen LogP contribution in [0.4, 0.5) is 0 Å². The molecule has 0 bridgehead atoms. The Kier molecular flexibility index (Phi) is 2.67.